The van der Waals surface area contributed by atoms with Crippen LogP contribution in [0.5, 0.6) is 0 Å². The van der Waals surface area contributed by atoms with Crippen LogP contribution in [0.3, 0.4) is 0 Å². The summed E-state index contributed by atoms with van der Waals surface area (Å²) in [5.74, 6) is -0.260. The Labute approximate surface area is 156 Å². The summed E-state index contributed by atoms with van der Waals surface area (Å²) in [6.07, 6.45) is 0. The van der Waals surface area contributed by atoms with Crippen molar-refractivity contribution in [2.75, 3.05) is 13.2 Å². The maximum absolute atomic E-state index is 12.3. The third-order valence-electron chi connectivity index (χ3n) is 3.33. The Morgan fingerprint density at radius 3 is 2.88 bits per heavy atom. The lowest BCUT2D eigenvalue weighted by Crippen LogP contribution is -2.19. The van der Waals surface area contributed by atoms with Crippen LogP contribution in [0.25, 0.3) is 10.2 Å². The average Bonchev–Trinajstić information content (AvgIpc) is 3.20. The Bertz CT molecular complexity index is 930. The molecule has 0 aliphatic carbocycles. The van der Waals surface area contributed by atoms with E-state index in [2.05, 4.69) is 4.99 Å². The maximum Gasteiger partial charge on any atom is 0.289 e. The topological polar surface area (TPSA) is 43.6 Å². The minimum Gasteiger partial charge on any atom is -0.380 e. The van der Waals surface area contributed by atoms with Gasteiger partial charge in [0.15, 0.2) is 4.80 Å². The first-order chi connectivity index (χ1) is 11.6. The van der Waals surface area contributed by atoms with Crippen LogP contribution in [0.4, 0.5) is 0 Å². The quantitative estimate of drug-likeness (QED) is 0.574. The predicted molar refractivity (Wildman–Crippen MR) is 101 cm³/mol. The van der Waals surface area contributed by atoms with Crippen molar-refractivity contribution in [1.82, 2.24) is 4.57 Å². The van der Waals surface area contributed by atoms with Gasteiger partial charge >= 0.3 is 0 Å². The SMILES string of the molecule is CCOCCn1c(=NC(=O)c2cccs2)sc2ccc(Cl)c(Cl)c21. The summed E-state index contributed by atoms with van der Waals surface area (Å²) >= 11 is 15.3. The lowest BCUT2D eigenvalue weighted by Gasteiger charge is -2.07. The van der Waals surface area contributed by atoms with Gasteiger partial charge in [-0.05, 0) is 30.5 Å². The number of hydrogen-bond donors (Lipinski definition) is 0. The molecule has 0 radical (unpaired) electrons. The number of halogens is 2. The number of carbonyl (C=O) groups is 1. The molecule has 0 aliphatic heterocycles. The molecule has 0 aliphatic rings. The van der Waals surface area contributed by atoms with Gasteiger partial charge in [-0.25, -0.2) is 0 Å². The number of amides is 1. The fraction of sp³-hybridized carbons (Fsp3) is 0.250. The first-order valence-electron chi connectivity index (χ1n) is 7.29. The lowest BCUT2D eigenvalue weighted by molar-refractivity contribution is 0.100. The summed E-state index contributed by atoms with van der Waals surface area (Å²) in [6, 6.07) is 7.23. The summed E-state index contributed by atoms with van der Waals surface area (Å²) in [5, 5.41) is 2.79. The number of aromatic nitrogens is 1. The van der Waals surface area contributed by atoms with Crippen molar-refractivity contribution in [3.8, 4) is 0 Å². The highest BCUT2D eigenvalue weighted by Crippen LogP contribution is 2.32. The minimum atomic E-state index is -0.260. The molecular weight excluding hydrogens is 387 g/mol. The standard InChI is InChI=1S/C16H14Cl2N2O2S2/c1-2-22-8-7-20-14-11(6-5-10(17)13(14)18)24-16(20)19-15(21)12-4-3-9-23-12/h3-6,9H,2,7-8H2,1H3. The average molecular weight is 401 g/mol. The van der Waals surface area contributed by atoms with Crippen molar-refractivity contribution >= 4 is 62.0 Å². The minimum absolute atomic E-state index is 0.260. The van der Waals surface area contributed by atoms with Crippen LogP contribution in [0, 0.1) is 0 Å². The number of fused-ring (bicyclic) bond motifs is 1. The molecule has 0 bridgehead atoms. The Hall–Kier alpha value is -1.18. The normalized spacial score (nSPS) is 12.2. The molecule has 0 fully saturated rings. The molecule has 1 amide bonds. The predicted octanol–water partition coefficient (Wildman–Crippen LogP) is 4.85. The number of nitrogens with zero attached hydrogens (tertiary/aromatic N) is 2. The first-order valence-corrected chi connectivity index (χ1v) is 9.74. The van der Waals surface area contributed by atoms with Gasteiger partial charge in [0.05, 0.1) is 31.7 Å². The summed E-state index contributed by atoms with van der Waals surface area (Å²) in [5.41, 5.74) is 0.784. The van der Waals surface area contributed by atoms with Crippen LogP contribution in [-0.2, 0) is 11.3 Å². The fourth-order valence-electron chi connectivity index (χ4n) is 2.24. The summed E-state index contributed by atoms with van der Waals surface area (Å²) in [6.45, 7) is 3.61. The molecule has 24 heavy (non-hydrogen) atoms. The third-order valence-corrected chi connectivity index (χ3v) is 6.02. The molecule has 0 saturated carbocycles. The highest BCUT2D eigenvalue weighted by atomic mass is 35.5. The van der Waals surface area contributed by atoms with Gasteiger partial charge in [0, 0.05) is 13.2 Å². The molecule has 4 nitrogen and oxygen atoms in total. The molecule has 1 aromatic carbocycles. The molecule has 0 spiro atoms. The smallest absolute Gasteiger partial charge is 0.289 e. The van der Waals surface area contributed by atoms with Gasteiger partial charge in [0.1, 0.15) is 0 Å². The van der Waals surface area contributed by atoms with E-state index in [4.69, 9.17) is 27.9 Å². The van der Waals surface area contributed by atoms with E-state index >= 15 is 0 Å². The lowest BCUT2D eigenvalue weighted by atomic mass is 10.3. The van der Waals surface area contributed by atoms with Crippen molar-refractivity contribution in [2.24, 2.45) is 4.99 Å². The van der Waals surface area contributed by atoms with Gasteiger partial charge in [-0.1, -0.05) is 40.6 Å². The molecule has 3 rings (SSSR count). The van der Waals surface area contributed by atoms with E-state index in [0.717, 1.165) is 10.2 Å². The third kappa shape index (κ3) is 3.58. The Morgan fingerprint density at radius 2 is 2.17 bits per heavy atom. The number of thiazole rings is 1. The maximum atomic E-state index is 12.3. The molecule has 0 atom stereocenters. The van der Waals surface area contributed by atoms with Crippen LogP contribution in [-0.4, -0.2) is 23.7 Å². The van der Waals surface area contributed by atoms with Gasteiger partial charge in [-0.15, -0.1) is 11.3 Å². The van der Waals surface area contributed by atoms with Gasteiger partial charge in [0.25, 0.3) is 5.91 Å². The van der Waals surface area contributed by atoms with E-state index in [1.165, 1.54) is 22.7 Å². The van der Waals surface area contributed by atoms with Crippen molar-refractivity contribution < 1.29 is 9.53 Å². The first kappa shape index (κ1) is 17.6. The molecule has 8 heteroatoms. The van der Waals surface area contributed by atoms with Crippen molar-refractivity contribution in [3.63, 3.8) is 0 Å². The van der Waals surface area contributed by atoms with Gasteiger partial charge in [0.2, 0.25) is 0 Å². The van der Waals surface area contributed by atoms with Crippen molar-refractivity contribution in [3.05, 3.63) is 49.4 Å². The van der Waals surface area contributed by atoms with Gasteiger partial charge in [-0.3, -0.25) is 4.79 Å². The largest absolute Gasteiger partial charge is 0.380 e. The summed E-state index contributed by atoms with van der Waals surface area (Å²) in [4.78, 5) is 17.8. The van der Waals surface area contributed by atoms with E-state index < -0.39 is 0 Å². The zero-order valence-corrected chi connectivity index (χ0v) is 15.9. The molecule has 0 unspecified atom stereocenters. The highest BCUT2D eigenvalue weighted by molar-refractivity contribution is 7.16. The summed E-state index contributed by atoms with van der Waals surface area (Å²) in [7, 11) is 0. The van der Waals surface area contributed by atoms with Gasteiger partial charge < -0.3 is 9.30 Å². The zero-order chi connectivity index (χ0) is 17.1. The molecule has 3 aromatic rings. The summed E-state index contributed by atoms with van der Waals surface area (Å²) < 4.78 is 8.27. The van der Waals surface area contributed by atoms with Crippen molar-refractivity contribution in [1.29, 1.82) is 0 Å². The fourth-order valence-corrected chi connectivity index (χ4v) is 4.38. The monoisotopic (exact) mass is 400 g/mol. The molecular formula is C16H14Cl2N2O2S2. The number of benzene rings is 1. The number of ether oxygens (including phenoxy) is 1. The van der Waals surface area contributed by atoms with Crippen LogP contribution in [0.2, 0.25) is 10.0 Å². The molecule has 2 heterocycles. The van der Waals surface area contributed by atoms with E-state index in [1.807, 2.05) is 29.0 Å². The zero-order valence-electron chi connectivity index (χ0n) is 12.8. The second-order valence-corrected chi connectivity index (χ2v) is 7.58. The number of thiophene rings is 1. The molecule has 0 N–H and O–H groups in total. The number of carbonyl (C=O) groups excluding carboxylic acids is 1. The van der Waals surface area contributed by atoms with Crippen LogP contribution < -0.4 is 4.80 Å². The molecule has 2 aromatic heterocycles. The Kier molecular flexibility index (Phi) is 5.73. The highest BCUT2D eigenvalue weighted by Gasteiger charge is 2.14. The van der Waals surface area contributed by atoms with Crippen LogP contribution >= 0.6 is 45.9 Å². The molecule has 0 saturated heterocycles. The Balaban J connectivity index is 2.13. The van der Waals surface area contributed by atoms with Crippen LogP contribution in [0.15, 0.2) is 34.6 Å². The number of rotatable bonds is 5. The van der Waals surface area contributed by atoms with E-state index in [9.17, 15) is 4.79 Å². The van der Waals surface area contributed by atoms with Crippen molar-refractivity contribution in [2.45, 2.75) is 13.5 Å². The molecule has 126 valence electrons. The van der Waals surface area contributed by atoms with E-state index in [-0.39, 0.29) is 5.91 Å². The second-order valence-electron chi connectivity index (χ2n) is 4.84. The van der Waals surface area contributed by atoms with E-state index in [0.29, 0.717) is 39.5 Å². The number of hydrogen-bond acceptors (Lipinski definition) is 4. The van der Waals surface area contributed by atoms with E-state index in [1.54, 1.807) is 12.1 Å². The second kappa shape index (κ2) is 7.80. The van der Waals surface area contributed by atoms with Gasteiger partial charge in [-0.2, -0.15) is 4.99 Å². The Morgan fingerprint density at radius 1 is 1.33 bits per heavy atom. The van der Waals surface area contributed by atoms with Crippen LogP contribution in [0.1, 0.15) is 16.6 Å².